The number of thioether (sulfide) groups is 1. The van der Waals surface area contributed by atoms with E-state index in [1.54, 1.807) is 11.8 Å². The summed E-state index contributed by atoms with van der Waals surface area (Å²) in [7, 11) is 0. The molecule has 0 bridgehead atoms. The molecule has 0 aliphatic heterocycles. The Kier molecular flexibility index (Phi) is 3.98. The van der Waals surface area contributed by atoms with Crippen molar-refractivity contribution in [3.8, 4) is 0 Å². The van der Waals surface area contributed by atoms with E-state index < -0.39 is 0 Å². The highest BCUT2D eigenvalue weighted by Gasteiger charge is 2.27. The summed E-state index contributed by atoms with van der Waals surface area (Å²) in [4.78, 5) is 11.4. The molecule has 0 atom stereocenters. The maximum Gasteiger partial charge on any atom is 0.230 e. The third-order valence-electron chi connectivity index (χ3n) is 2.37. The highest BCUT2D eigenvalue weighted by Crippen LogP contribution is 2.34. The summed E-state index contributed by atoms with van der Waals surface area (Å²) in [5.41, 5.74) is 0. The van der Waals surface area contributed by atoms with Crippen molar-refractivity contribution < 1.29 is 4.79 Å². The first-order chi connectivity index (χ1) is 8.16. The molecule has 1 heterocycles. The molecule has 1 N–H and O–H groups in total. The zero-order chi connectivity index (χ0) is 12.3. The van der Waals surface area contributed by atoms with E-state index in [0.29, 0.717) is 17.5 Å². The van der Waals surface area contributed by atoms with Gasteiger partial charge in [-0.3, -0.25) is 4.79 Å². The highest BCUT2D eigenvalue weighted by molar-refractivity contribution is 7.99. The molecule has 1 aliphatic rings. The van der Waals surface area contributed by atoms with Gasteiger partial charge in [-0.05, 0) is 37.1 Å². The SMILES string of the molecule is CC(C)NC(=O)CSCc1nnnn1C1CC1. The number of hydrogen-bond donors (Lipinski definition) is 1. The van der Waals surface area contributed by atoms with Gasteiger partial charge in [-0.25, -0.2) is 4.68 Å². The van der Waals surface area contributed by atoms with Crippen molar-refractivity contribution in [1.29, 1.82) is 0 Å². The first-order valence-corrected chi connectivity index (χ1v) is 6.96. The molecular formula is C10H17N5OS. The predicted octanol–water partition coefficient (Wildman–Crippen LogP) is 0.766. The summed E-state index contributed by atoms with van der Waals surface area (Å²) in [6.07, 6.45) is 2.33. The molecular weight excluding hydrogens is 238 g/mol. The molecule has 2 rings (SSSR count). The second-order valence-corrected chi connectivity index (χ2v) is 5.47. The van der Waals surface area contributed by atoms with Crippen LogP contribution in [0.1, 0.15) is 38.6 Å². The zero-order valence-corrected chi connectivity index (χ0v) is 10.9. The van der Waals surface area contributed by atoms with E-state index in [9.17, 15) is 4.79 Å². The Morgan fingerprint density at radius 2 is 2.35 bits per heavy atom. The molecule has 0 radical (unpaired) electrons. The average molecular weight is 255 g/mol. The number of carbonyl (C=O) groups excluding carboxylic acids is 1. The number of aromatic nitrogens is 4. The van der Waals surface area contributed by atoms with E-state index in [2.05, 4.69) is 20.8 Å². The molecule has 0 unspecified atom stereocenters. The topological polar surface area (TPSA) is 72.7 Å². The molecule has 7 heteroatoms. The number of hydrogen-bond acceptors (Lipinski definition) is 5. The fraction of sp³-hybridized carbons (Fsp3) is 0.800. The lowest BCUT2D eigenvalue weighted by Crippen LogP contribution is -2.31. The Morgan fingerprint density at radius 1 is 1.59 bits per heavy atom. The summed E-state index contributed by atoms with van der Waals surface area (Å²) in [6, 6.07) is 0.685. The number of nitrogens with one attached hydrogen (secondary N) is 1. The van der Waals surface area contributed by atoms with Gasteiger partial charge in [0, 0.05) is 6.04 Å². The van der Waals surface area contributed by atoms with Gasteiger partial charge in [0.05, 0.1) is 17.5 Å². The lowest BCUT2D eigenvalue weighted by atomic mass is 10.4. The van der Waals surface area contributed by atoms with Crippen LogP contribution in [-0.4, -0.2) is 37.9 Å². The average Bonchev–Trinajstić information content (AvgIpc) is 2.98. The first-order valence-electron chi connectivity index (χ1n) is 5.80. The van der Waals surface area contributed by atoms with Gasteiger partial charge in [0.1, 0.15) is 0 Å². The van der Waals surface area contributed by atoms with Crippen LogP contribution in [0.3, 0.4) is 0 Å². The van der Waals surface area contributed by atoms with Crippen LogP contribution in [0.5, 0.6) is 0 Å². The molecule has 94 valence electrons. The minimum Gasteiger partial charge on any atom is -0.353 e. The Morgan fingerprint density at radius 3 is 3.00 bits per heavy atom. The van der Waals surface area contributed by atoms with E-state index in [0.717, 1.165) is 18.7 Å². The van der Waals surface area contributed by atoms with E-state index >= 15 is 0 Å². The molecule has 17 heavy (non-hydrogen) atoms. The standard InChI is InChI=1S/C10H17N5OS/c1-7(2)11-10(16)6-17-5-9-12-13-14-15(9)8-3-4-8/h7-8H,3-6H2,1-2H3,(H,11,16). The van der Waals surface area contributed by atoms with Crippen LogP contribution >= 0.6 is 11.8 Å². The van der Waals surface area contributed by atoms with Crippen molar-refractivity contribution in [2.24, 2.45) is 0 Å². The van der Waals surface area contributed by atoms with E-state index in [4.69, 9.17) is 0 Å². The smallest absolute Gasteiger partial charge is 0.230 e. The van der Waals surface area contributed by atoms with E-state index in [1.165, 1.54) is 0 Å². The van der Waals surface area contributed by atoms with Crippen LogP contribution in [0.15, 0.2) is 0 Å². The summed E-state index contributed by atoms with van der Waals surface area (Å²) in [5.74, 6) is 2.08. The Balaban J connectivity index is 1.74. The van der Waals surface area contributed by atoms with Gasteiger partial charge in [-0.15, -0.1) is 16.9 Å². The second-order valence-electron chi connectivity index (χ2n) is 4.49. The monoisotopic (exact) mass is 255 g/mol. The molecule has 0 aromatic carbocycles. The first kappa shape index (κ1) is 12.3. The number of rotatable bonds is 6. The summed E-state index contributed by atoms with van der Waals surface area (Å²) in [6.45, 7) is 3.91. The van der Waals surface area contributed by atoms with Gasteiger partial charge in [-0.2, -0.15) is 0 Å². The third-order valence-corrected chi connectivity index (χ3v) is 3.30. The van der Waals surface area contributed by atoms with Gasteiger partial charge in [0.25, 0.3) is 0 Å². The van der Waals surface area contributed by atoms with Gasteiger partial charge in [0.15, 0.2) is 5.82 Å². The molecule has 1 saturated carbocycles. The molecule has 0 saturated heterocycles. The minimum atomic E-state index is 0.0652. The molecule has 1 aromatic heterocycles. The van der Waals surface area contributed by atoms with Crippen molar-refractivity contribution in [3.05, 3.63) is 5.82 Å². The molecule has 1 fully saturated rings. The Bertz CT molecular complexity index is 388. The molecule has 1 aliphatic carbocycles. The second kappa shape index (κ2) is 5.48. The number of carbonyl (C=O) groups is 1. The summed E-state index contributed by atoms with van der Waals surface area (Å²) < 4.78 is 1.88. The highest BCUT2D eigenvalue weighted by atomic mass is 32.2. The number of amides is 1. The molecule has 0 spiro atoms. The number of tetrazole rings is 1. The predicted molar refractivity (Wildman–Crippen MR) is 65.5 cm³/mol. The minimum absolute atomic E-state index is 0.0652. The van der Waals surface area contributed by atoms with Crippen molar-refractivity contribution in [2.75, 3.05) is 5.75 Å². The van der Waals surface area contributed by atoms with Crippen LogP contribution in [0.2, 0.25) is 0 Å². The maximum absolute atomic E-state index is 11.4. The van der Waals surface area contributed by atoms with Gasteiger partial charge >= 0.3 is 0 Å². The zero-order valence-electron chi connectivity index (χ0n) is 10.1. The van der Waals surface area contributed by atoms with Crippen LogP contribution in [0.25, 0.3) is 0 Å². The van der Waals surface area contributed by atoms with Crippen LogP contribution < -0.4 is 5.32 Å². The Hall–Kier alpha value is -1.11. The fourth-order valence-electron chi connectivity index (χ4n) is 1.51. The van der Waals surface area contributed by atoms with Crippen molar-refractivity contribution in [3.63, 3.8) is 0 Å². The third kappa shape index (κ3) is 3.69. The molecule has 6 nitrogen and oxygen atoms in total. The van der Waals surface area contributed by atoms with E-state index in [-0.39, 0.29) is 11.9 Å². The largest absolute Gasteiger partial charge is 0.353 e. The van der Waals surface area contributed by atoms with Gasteiger partial charge in [0.2, 0.25) is 5.91 Å². The van der Waals surface area contributed by atoms with Crippen molar-refractivity contribution in [2.45, 2.75) is 44.5 Å². The molecule has 1 aromatic rings. The lowest BCUT2D eigenvalue weighted by molar-refractivity contribution is -0.119. The van der Waals surface area contributed by atoms with Crippen LogP contribution in [-0.2, 0) is 10.5 Å². The van der Waals surface area contributed by atoms with Gasteiger partial charge in [-0.1, -0.05) is 0 Å². The van der Waals surface area contributed by atoms with Crippen molar-refractivity contribution >= 4 is 17.7 Å². The molecule has 1 amide bonds. The maximum atomic E-state index is 11.4. The van der Waals surface area contributed by atoms with Crippen LogP contribution in [0, 0.1) is 0 Å². The van der Waals surface area contributed by atoms with Crippen molar-refractivity contribution in [1.82, 2.24) is 25.5 Å². The fourth-order valence-corrected chi connectivity index (χ4v) is 2.25. The summed E-state index contributed by atoms with van der Waals surface area (Å²) >= 11 is 1.55. The quantitative estimate of drug-likeness (QED) is 0.812. The normalized spacial score (nSPS) is 15.2. The lowest BCUT2D eigenvalue weighted by Gasteiger charge is -2.07. The van der Waals surface area contributed by atoms with E-state index in [1.807, 2.05) is 18.5 Å². The Labute approximate surface area is 105 Å². The summed E-state index contributed by atoms with van der Waals surface area (Å²) in [5, 5.41) is 14.5. The van der Waals surface area contributed by atoms with Crippen LogP contribution in [0.4, 0.5) is 0 Å². The number of nitrogens with zero attached hydrogens (tertiary/aromatic N) is 4. The van der Waals surface area contributed by atoms with Gasteiger partial charge < -0.3 is 5.32 Å².